The van der Waals surface area contributed by atoms with Crippen molar-refractivity contribution in [1.82, 2.24) is 4.90 Å². The van der Waals surface area contributed by atoms with Crippen molar-refractivity contribution in [3.05, 3.63) is 82.8 Å². The number of halogens is 4. The van der Waals surface area contributed by atoms with Crippen molar-refractivity contribution in [3.8, 4) is 11.5 Å². The zero-order valence-electron chi connectivity index (χ0n) is 15.8. The Labute approximate surface area is 169 Å². The first-order valence-corrected chi connectivity index (χ1v) is 8.84. The first kappa shape index (κ1) is 21.4. The summed E-state index contributed by atoms with van der Waals surface area (Å²) in [5.41, 5.74) is 6.28. The molecule has 0 fully saturated rings. The lowest BCUT2D eigenvalue weighted by Crippen LogP contribution is -2.45. The van der Waals surface area contributed by atoms with Crippen LogP contribution in [-0.2, 0) is 17.5 Å². The third-order valence-corrected chi connectivity index (χ3v) is 4.61. The number of ether oxygens (including phenoxy) is 1. The molecule has 1 aliphatic heterocycles. The van der Waals surface area contributed by atoms with E-state index < -0.39 is 29.7 Å². The van der Waals surface area contributed by atoms with Crippen LogP contribution in [0.3, 0.4) is 0 Å². The normalized spacial score (nSPS) is 16.7. The van der Waals surface area contributed by atoms with Crippen molar-refractivity contribution in [3.63, 3.8) is 0 Å². The van der Waals surface area contributed by atoms with Crippen molar-refractivity contribution < 1.29 is 32.2 Å². The van der Waals surface area contributed by atoms with Gasteiger partial charge in [-0.25, -0.2) is 9.18 Å². The van der Waals surface area contributed by atoms with Gasteiger partial charge in [0.1, 0.15) is 23.5 Å². The third-order valence-electron chi connectivity index (χ3n) is 4.61. The second-order valence-corrected chi connectivity index (χ2v) is 6.69. The van der Waals surface area contributed by atoms with Crippen LogP contribution in [0.1, 0.15) is 18.1 Å². The molecule has 30 heavy (non-hydrogen) atoms. The molecule has 2 aromatic rings. The number of hydrogen-bond donors (Lipinski definition) is 2. The molecule has 0 saturated heterocycles. The lowest BCUT2D eigenvalue weighted by molar-refractivity contribution is -0.140. The summed E-state index contributed by atoms with van der Waals surface area (Å²) in [4.78, 5) is 13.0. The molecule has 5 nitrogen and oxygen atoms in total. The van der Waals surface area contributed by atoms with E-state index >= 15 is 0 Å². The average molecular weight is 422 g/mol. The average Bonchev–Trinajstić information content (AvgIpc) is 2.66. The molecule has 1 heterocycles. The molecular weight excluding hydrogens is 404 g/mol. The molecule has 1 aliphatic rings. The summed E-state index contributed by atoms with van der Waals surface area (Å²) in [6.45, 7) is 2.13. The number of alkyl halides is 3. The molecule has 0 aliphatic carbocycles. The molecule has 9 heteroatoms. The Morgan fingerprint density at radius 2 is 1.77 bits per heavy atom. The Hall–Kier alpha value is -3.33. The minimum Gasteiger partial charge on any atom is -0.478 e. The van der Waals surface area contributed by atoms with Gasteiger partial charge in [-0.3, -0.25) is 0 Å². The van der Waals surface area contributed by atoms with Gasteiger partial charge in [-0.05, 0) is 55.0 Å². The molecular formula is C21H18F4N2O3. The van der Waals surface area contributed by atoms with E-state index in [4.69, 9.17) is 10.5 Å². The van der Waals surface area contributed by atoms with Crippen LogP contribution in [0.25, 0.3) is 0 Å². The summed E-state index contributed by atoms with van der Waals surface area (Å²) in [6, 6.07) is 8.88. The van der Waals surface area contributed by atoms with Gasteiger partial charge in [0, 0.05) is 12.2 Å². The highest BCUT2D eigenvalue weighted by molar-refractivity contribution is 5.88. The third kappa shape index (κ3) is 4.62. The number of nitrogens with two attached hydrogens (primary N) is 1. The van der Waals surface area contributed by atoms with Crippen LogP contribution >= 0.6 is 0 Å². The van der Waals surface area contributed by atoms with Gasteiger partial charge < -0.3 is 20.5 Å². The van der Waals surface area contributed by atoms with Gasteiger partial charge >= 0.3 is 12.1 Å². The zero-order valence-corrected chi connectivity index (χ0v) is 15.8. The molecule has 0 amide bonds. The number of carboxylic acid groups (broad SMARTS) is 1. The summed E-state index contributed by atoms with van der Waals surface area (Å²) in [7, 11) is 0. The maximum Gasteiger partial charge on any atom is 0.419 e. The van der Waals surface area contributed by atoms with Gasteiger partial charge in [-0.2, -0.15) is 13.2 Å². The molecule has 3 N–H and O–H groups in total. The van der Waals surface area contributed by atoms with Crippen molar-refractivity contribution >= 4 is 5.97 Å². The first-order chi connectivity index (χ1) is 14.1. The van der Waals surface area contributed by atoms with Crippen molar-refractivity contribution in [2.24, 2.45) is 5.73 Å². The van der Waals surface area contributed by atoms with Gasteiger partial charge in [0.05, 0.1) is 11.1 Å². The first-order valence-electron chi connectivity index (χ1n) is 8.84. The van der Waals surface area contributed by atoms with E-state index in [2.05, 4.69) is 0 Å². The number of aliphatic carboxylic acids is 1. The second kappa shape index (κ2) is 8.19. The number of carboxylic acids is 1. The molecule has 1 unspecified atom stereocenters. The fraction of sp³-hybridized carbons (Fsp3) is 0.190. The van der Waals surface area contributed by atoms with Crippen LogP contribution in [0.4, 0.5) is 17.6 Å². The molecule has 3 rings (SSSR count). The Kier molecular flexibility index (Phi) is 5.84. The van der Waals surface area contributed by atoms with Crippen LogP contribution < -0.4 is 10.5 Å². The summed E-state index contributed by atoms with van der Waals surface area (Å²) in [6.07, 6.45) is -2.51. The van der Waals surface area contributed by atoms with Gasteiger partial charge in [0.25, 0.3) is 0 Å². The fourth-order valence-electron chi connectivity index (χ4n) is 2.99. The van der Waals surface area contributed by atoms with Crippen LogP contribution in [0.15, 0.2) is 65.9 Å². The molecule has 0 spiro atoms. The van der Waals surface area contributed by atoms with Crippen molar-refractivity contribution in [2.45, 2.75) is 25.8 Å². The molecule has 0 bridgehead atoms. The van der Waals surface area contributed by atoms with E-state index in [-0.39, 0.29) is 17.1 Å². The fourth-order valence-corrected chi connectivity index (χ4v) is 2.99. The second-order valence-electron chi connectivity index (χ2n) is 6.69. The maximum absolute atomic E-state index is 13.4. The van der Waals surface area contributed by atoms with E-state index in [1.807, 2.05) is 0 Å². The largest absolute Gasteiger partial charge is 0.478 e. The monoisotopic (exact) mass is 422 g/mol. The van der Waals surface area contributed by atoms with E-state index in [1.165, 1.54) is 6.08 Å². The highest BCUT2D eigenvalue weighted by Crippen LogP contribution is 2.35. The predicted molar refractivity (Wildman–Crippen MR) is 101 cm³/mol. The van der Waals surface area contributed by atoms with Gasteiger partial charge in [-0.1, -0.05) is 12.1 Å². The van der Waals surface area contributed by atoms with Crippen LogP contribution in [0, 0.1) is 5.82 Å². The zero-order chi connectivity index (χ0) is 22.1. The molecule has 0 saturated carbocycles. The molecule has 2 aromatic carbocycles. The van der Waals surface area contributed by atoms with Crippen LogP contribution in [0.5, 0.6) is 11.5 Å². The van der Waals surface area contributed by atoms with E-state index in [0.717, 1.165) is 17.3 Å². The van der Waals surface area contributed by atoms with Crippen molar-refractivity contribution in [2.75, 3.05) is 0 Å². The van der Waals surface area contributed by atoms with E-state index in [1.54, 1.807) is 42.2 Å². The molecule has 1 atom stereocenters. The highest BCUT2D eigenvalue weighted by atomic mass is 19.4. The predicted octanol–water partition coefficient (Wildman–Crippen LogP) is 4.65. The Morgan fingerprint density at radius 1 is 1.13 bits per heavy atom. The molecule has 0 aromatic heterocycles. The van der Waals surface area contributed by atoms with Crippen LogP contribution in [0.2, 0.25) is 0 Å². The van der Waals surface area contributed by atoms with E-state index in [9.17, 15) is 27.5 Å². The van der Waals surface area contributed by atoms with Crippen molar-refractivity contribution in [1.29, 1.82) is 0 Å². The maximum atomic E-state index is 13.4. The molecule has 0 radical (unpaired) electrons. The number of benzene rings is 2. The summed E-state index contributed by atoms with van der Waals surface area (Å²) in [5.74, 6) is -2.36. The molecule has 158 valence electrons. The van der Waals surface area contributed by atoms with E-state index in [0.29, 0.717) is 18.7 Å². The topological polar surface area (TPSA) is 75.8 Å². The summed E-state index contributed by atoms with van der Waals surface area (Å²) < 4.78 is 57.3. The Morgan fingerprint density at radius 3 is 2.37 bits per heavy atom. The summed E-state index contributed by atoms with van der Waals surface area (Å²) >= 11 is 0. The van der Waals surface area contributed by atoms with Crippen LogP contribution in [-0.4, -0.2) is 22.1 Å². The lowest BCUT2D eigenvalue weighted by atomic mass is 10.1. The SMILES string of the molecule is CC1=CC=C(C(=O)O)C(N)N1Cc1ccc(Oc2ccc(F)c(C(F)(F)F)c2)cc1. The Balaban J connectivity index is 1.73. The van der Waals surface area contributed by atoms with Gasteiger partial charge in [0.15, 0.2) is 0 Å². The van der Waals surface area contributed by atoms with Gasteiger partial charge in [-0.15, -0.1) is 0 Å². The number of hydrogen-bond acceptors (Lipinski definition) is 4. The quantitative estimate of drug-likeness (QED) is 0.686. The minimum atomic E-state index is -4.82. The number of carbonyl (C=O) groups is 1. The van der Waals surface area contributed by atoms with Gasteiger partial charge in [0.2, 0.25) is 0 Å². The number of rotatable bonds is 5. The lowest BCUT2D eigenvalue weighted by Gasteiger charge is -2.34. The smallest absolute Gasteiger partial charge is 0.419 e. The highest BCUT2D eigenvalue weighted by Gasteiger charge is 2.34. The minimum absolute atomic E-state index is 0.0670. The number of allylic oxidation sites excluding steroid dienone is 3. The number of nitrogens with zero attached hydrogens (tertiary/aromatic N) is 1. The summed E-state index contributed by atoms with van der Waals surface area (Å²) in [5, 5.41) is 9.23. The Bertz CT molecular complexity index is 1010. The standard InChI is InChI=1S/C21H18F4N2O3/c1-12-2-8-16(20(28)29)19(26)27(12)11-13-3-5-14(6-4-13)30-15-7-9-18(22)17(10-15)21(23,24)25/h2-10,19H,11,26H2,1H3,(H,28,29).